The van der Waals surface area contributed by atoms with Crippen molar-refractivity contribution in [3.63, 3.8) is 0 Å². The van der Waals surface area contributed by atoms with E-state index in [9.17, 15) is 0 Å². The molecule has 1 aliphatic heterocycles. The molecular formula is C14H13BNO. The number of benzene rings is 2. The molecule has 2 atom stereocenters. The molecule has 1 N–H and O–H groups in total. The Morgan fingerprint density at radius 2 is 1.41 bits per heavy atom. The van der Waals surface area contributed by atoms with Gasteiger partial charge in [-0.15, -0.1) is 0 Å². The number of nitrogens with one attached hydrogen (secondary N) is 1. The summed E-state index contributed by atoms with van der Waals surface area (Å²) >= 11 is 0. The first-order valence-electron chi connectivity index (χ1n) is 5.78. The molecule has 83 valence electrons. The second-order valence-electron chi connectivity index (χ2n) is 4.14. The van der Waals surface area contributed by atoms with Crippen LogP contribution in [0.3, 0.4) is 0 Å². The third-order valence-electron chi connectivity index (χ3n) is 3.05. The van der Waals surface area contributed by atoms with Crippen molar-refractivity contribution in [2.24, 2.45) is 0 Å². The van der Waals surface area contributed by atoms with E-state index < -0.39 is 0 Å². The van der Waals surface area contributed by atoms with Crippen LogP contribution in [0.4, 0.5) is 0 Å². The summed E-state index contributed by atoms with van der Waals surface area (Å²) in [5, 5.41) is 3.27. The minimum Gasteiger partial charge on any atom is -0.415 e. The quantitative estimate of drug-likeness (QED) is 0.788. The minimum absolute atomic E-state index is 0.0543. The van der Waals surface area contributed by atoms with Gasteiger partial charge >= 0.3 is 7.62 Å². The van der Waals surface area contributed by atoms with E-state index in [2.05, 4.69) is 41.6 Å². The Hall–Kier alpha value is -1.58. The number of hydrogen-bond donors (Lipinski definition) is 1. The van der Waals surface area contributed by atoms with Gasteiger partial charge in [0, 0.05) is 0 Å². The van der Waals surface area contributed by atoms with Gasteiger partial charge in [0.2, 0.25) is 0 Å². The third kappa shape index (κ3) is 2.12. The zero-order valence-corrected chi connectivity index (χ0v) is 9.41. The summed E-state index contributed by atoms with van der Waals surface area (Å²) in [7, 11) is 1.69. The van der Waals surface area contributed by atoms with Gasteiger partial charge in [0.1, 0.15) is 0 Å². The van der Waals surface area contributed by atoms with Crippen molar-refractivity contribution in [3.05, 3.63) is 71.8 Å². The Morgan fingerprint density at radius 1 is 0.824 bits per heavy atom. The first kappa shape index (κ1) is 10.6. The molecular weight excluding hydrogens is 209 g/mol. The smallest absolute Gasteiger partial charge is 0.396 e. The van der Waals surface area contributed by atoms with Crippen molar-refractivity contribution in [1.29, 1.82) is 0 Å². The van der Waals surface area contributed by atoms with E-state index in [1.165, 1.54) is 11.1 Å². The molecule has 3 rings (SSSR count). The molecule has 2 nitrogen and oxygen atoms in total. The van der Waals surface area contributed by atoms with Crippen LogP contribution in [0.2, 0.25) is 0 Å². The van der Waals surface area contributed by atoms with Gasteiger partial charge in [-0.2, -0.15) is 0 Å². The normalized spacial score (nSPS) is 23.3. The minimum atomic E-state index is 0.0543. The van der Waals surface area contributed by atoms with Crippen LogP contribution in [0.15, 0.2) is 60.7 Å². The van der Waals surface area contributed by atoms with Gasteiger partial charge in [0.25, 0.3) is 0 Å². The Balaban J connectivity index is 1.91. The van der Waals surface area contributed by atoms with Crippen LogP contribution < -0.4 is 5.23 Å². The molecule has 0 bridgehead atoms. The highest BCUT2D eigenvalue weighted by Gasteiger charge is 2.30. The Kier molecular flexibility index (Phi) is 2.95. The standard InChI is InChI=1S/C14H13BNO/c1-3-7-11(8-4-1)13-14(17-15-16-13)12-9-5-2-6-10-12/h1-10,13-14,16H/t13-,14+/m0/s1. The molecule has 1 aliphatic rings. The van der Waals surface area contributed by atoms with Crippen molar-refractivity contribution in [2.75, 3.05) is 0 Å². The average molecular weight is 222 g/mol. The molecule has 1 radical (unpaired) electrons. The highest BCUT2D eigenvalue weighted by Crippen LogP contribution is 2.34. The van der Waals surface area contributed by atoms with Crippen LogP contribution in [0, 0.1) is 0 Å². The summed E-state index contributed by atoms with van der Waals surface area (Å²) in [6, 6.07) is 20.9. The molecule has 1 heterocycles. The number of hydrogen-bond acceptors (Lipinski definition) is 2. The maximum atomic E-state index is 5.67. The molecule has 0 aliphatic carbocycles. The lowest BCUT2D eigenvalue weighted by molar-refractivity contribution is 0.222. The van der Waals surface area contributed by atoms with Gasteiger partial charge in [-0.3, -0.25) is 0 Å². The zero-order chi connectivity index (χ0) is 11.5. The van der Waals surface area contributed by atoms with E-state index in [0.29, 0.717) is 0 Å². The van der Waals surface area contributed by atoms with Gasteiger partial charge in [-0.1, -0.05) is 60.7 Å². The molecule has 0 amide bonds. The first-order chi connectivity index (χ1) is 8.45. The fourth-order valence-corrected chi connectivity index (χ4v) is 2.20. The molecule has 1 fully saturated rings. The largest absolute Gasteiger partial charge is 0.415 e. The predicted molar refractivity (Wildman–Crippen MR) is 68.3 cm³/mol. The topological polar surface area (TPSA) is 21.3 Å². The van der Waals surface area contributed by atoms with Crippen molar-refractivity contribution < 1.29 is 4.65 Å². The van der Waals surface area contributed by atoms with E-state index in [-0.39, 0.29) is 12.1 Å². The lowest BCUT2D eigenvalue weighted by Gasteiger charge is -2.20. The lowest BCUT2D eigenvalue weighted by atomic mass is 9.96. The Bertz CT molecular complexity index is 429. The zero-order valence-electron chi connectivity index (χ0n) is 9.41. The van der Waals surface area contributed by atoms with Crippen LogP contribution >= 0.6 is 0 Å². The summed E-state index contributed by atoms with van der Waals surface area (Å²) < 4.78 is 5.67. The van der Waals surface area contributed by atoms with E-state index in [1.807, 2.05) is 24.3 Å². The van der Waals surface area contributed by atoms with Crippen LogP contribution in [-0.4, -0.2) is 7.62 Å². The molecule has 0 spiro atoms. The highest BCUT2D eigenvalue weighted by molar-refractivity contribution is 6.24. The van der Waals surface area contributed by atoms with Crippen LogP contribution in [0.25, 0.3) is 0 Å². The second kappa shape index (κ2) is 4.74. The average Bonchev–Trinajstić information content (AvgIpc) is 2.90. The maximum absolute atomic E-state index is 5.67. The van der Waals surface area contributed by atoms with E-state index in [1.54, 1.807) is 7.62 Å². The SMILES string of the molecule is [B]1N[C@@H](c2ccccc2)[C@@H](c2ccccc2)O1. The Morgan fingerprint density at radius 3 is 2.06 bits per heavy atom. The van der Waals surface area contributed by atoms with Crippen molar-refractivity contribution in [1.82, 2.24) is 5.23 Å². The molecule has 2 aromatic carbocycles. The lowest BCUT2D eigenvalue weighted by Crippen LogP contribution is -2.18. The number of rotatable bonds is 2. The maximum Gasteiger partial charge on any atom is 0.396 e. The molecule has 0 saturated carbocycles. The van der Waals surface area contributed by atoms with E-state index >= 15 is 0 Å². The summed E-state index contributed by atoms with van der Waals surface area (Å²) in [6.07, 6.45) is 0.0543. The van der Waals surface area contributed by atoms with Gasteiger partial charge < -0.3 is 9.88 Å². The summed E-state index contributed by atoms with van der Waals surface area (Å²) in [5.41, 5.74) is 2.44. The highest BCUT2D eigenvalue weighted by atomic mass is 16.5. The van der Waals surface area contributed by atoms with Gasteiger partial charge in [0.15, 0.2) is 0 Å². The first-order valence-corrected chi connectivity index (χ1v) is 5.78. The monoisotopic (exact) mass is 222 g/mol. The van der Waals surface area contributed by atoms with Crippen LogP contribution in [0.1, 0.15) is 23.3 Å². The van der Waals surface area contributed by atoms with Crippen LogP contribution in [-0.2, 0) is 4.65 Å². The van der Waals surface area contributed by atoms with Crippen molar-refractivity contribution in [3.8, 4) is 0 Å². The second-order valence-corrected chi connectivity index (χ2v) is 4.14. The van der Waals surface area contributed by atoms with Gasteiger partial charge in [0.05, 0.1) is 12.1 Å². The fraction of sp³-hybridized carbons (Fsp3) is 0.143. The predicted octanol–water partition coefficient (Wildman–Crippen LogP) is 2.62. The molecule has 17 heavy (non-hydrogen) atoms. The van der Waals surface area contributed by atoms with Crippen molar-refractivity contribution >= 4 is 7.62 Å². The van der Waals surface area contributed by atoms with E-state index in [0.717, 1.165) is 0 Å². The molecule has 3 heteroatoms. The fourth-order valence-electron chi connectivity index (χ4n) is 2.20. The summed E-state index contributed by atoms with van der Waals surface area (Å²) in [5.74, 6) is 0. The molecule has 0 aromatic heterocycles. The van der Waals surface area contributed by atoms with Gasteiger partial charge in [-0.25, -0.2) is 0 Å². The molecule has 1 saturated heterocycles. The van der Waals surface area contributed by atoms with Crippen molar-refractivity contribution in [2.45, 2.75) is 12.1 Å². The molecule has 0 unspecified atom stereocenters. The summed E-state index contributed by atoms with van der Waals surface area (Å²) in [6.45, 7) is 0. The van der Waals surface area contributed by atoms with E-state index in [4.69, 9.17) is 4.65 Å². The Labute approximate surface area is 102 Å². The van der Waals surface area contributed by atoms with Gasteiger partial charge in [-0.05, 0) is 11.1 Å². The van der Waals surface area contributed by atoms with Crippen LogP contribution in [0.5, 0.6) is 0 Å². The summed E-state index contributed by atoms with van der Waals surface area (Å²) in [4.78, 5) is 0. The molecule has 2 aromatic rings. The third-order valence-corrected chi connectivity index (χ3v) is 3.05.